The predicted molar refractivity (Wildman–Crippen MR) is 162 cm³/mol. The third kappa shape index (κ3) is 5.66. The molecule has 5 aromatic rings. The number of rotatable bonds is 5. The van der Waals surface area contributed by atoms with Crippen molar-refractivity contribution >= 4 is 49.9 Å². The Morgan fingerprint density at radius 1 is 1.17 bits per heavy atom. The molecule has 0 radical (unpaired) electrons. The highest BCUT2D eigenvalue weighted by Crippen LogP contribution is 2.30. The number of amides is 1. The van der Waals surface area contributed by atoms with Crippen LogP contribution in [0.3, 0.4) is 0 Å². The minimum Gasteiger partial charge on any atom is -0.445 e. The lowest BCUT2D eigenvalue weighted by atomic mass is 10.2. The van der Waals surface area contributed by atoms with Gasteiger partial charge in [-0.3, -0.25) is 10.00 Å². The Morgan fingerprint density at radius 3 is 2.95 bits per heavy atom. The summed E-state index contributed by atoms with van der Waals surface area (Å²) in [6.45, 7) is 2.65. The summed E-state index contributed by atoms with van der Waals surface area (Å²) in [6, 6.07) is 16.6. The van der Waals surface area contributed by atoms with E-state index in [4.69, 9.17) is 9.72 Å². The Balaban J connectivity index is 1.06. The number of hydrogen-bond acceptors (Lipinski definition) is 7. The molecule has 3 aromatic heterocycles. The van der Waals surface area contributed by atoms with Crippen LogP contribution in [0.4, 0.5) is 20.7 Å². The number of fused-ring (bicyclic) bond motifs is 2. The number of hydrogen-bond donors (Lipinski definition) is 2. The maximum atomic E-state index is 13.6. The Hall–Kier alpha value is -4.46. The van der Waals surface area contributed by atoms with Gasteiger partial charge in [0.25, 0.3) is 0 Å². The van der Waals surface area contributed by atoms with Crippen LogP contribution in [0.1, 0.15) is 30.5 Å². The molecule has 0 aliphatic carbocycles. The molecule has 212 valence electrons. The molecule has 2 fully saturated rings. The van der Waals surface area contributed by atoms with Crippen LogP contribution >= 0.6 is 11.3 Å². The maximum absolute atomic E-state index is 13.6. The van der Waals surface area contributed by atoms with E-state index < -0.39 is 0 Å². The minimum absolute atomic E-state index is 0.0649. The first-order chi connectivity index (χ1) is 20.6. The van der Waals surface area contributed by atoms with Crippen molar-refractivity contribution in [3.8, 4) is 11.8 Å². The van der Waals surface area contributed by atoms with Gasteiger partial charge in [0.2, 0.25) is 0 Å². The molecule has 42 heavy (non-hydrogen) atoms. The first-order valence-corrected chi connectivity index (χ1v) is 15.0. The third-order valence-electron chi connectivity index (χ3n) is 7.67. The number of carbonyl (C=O) groups is 1. The number of carbonyl (C=O) groups excluding carboxylic acids is 1. The van der Waals surface area contributed by atoms with Crippen molar-refractivity contribution in [2.24, 2.45) is 0 Å². The Kier molecular flexibility index (Phi) is 7.20. The lowest BCUT2D eigenvalue weighted by molar-refractivity contribution is 0.0763. The van der Waals surface area contributed by atoms with E-state index in [-0.39, 0.29) is 24.1 Å². The molecule has 10 heteroatoms. The average Bonchev–Trinajstić information content (AvgIpc) is 3.80. The number of thiophene rings is 1. The van der Waals surface area contributed by atoms with Crippen LogP contribution in [-0.4, -0.2) is 57.5 Å². The zero-order chi connectivity index (χ0) is 28.5. The third-order valence-corrected chi connectivity index (χ3v) is 8.54. The van der Waals surface area contributed by atoms with E-state index in [2.05, 4.69) is 33.6 Å². The standard InChI is InChI=1S/C32H29FN6O2S/c33-23-5-3-4-21(14-23)20-39-29-9-8-25(15-22(29)18-35-39)36-31-28-10-13-42-30(28)17-26(37-31)7-6-24-16-27(19-34-24)41-32(40)38-11-1-2-12-38/h3-5,8-10,13-15,17-18,24,27,34H,1-2,11-12,16,19-20H2,(H,36,37)/t24-,27+/m0/s1. The molecule has 0 bridgehead atoms. The highest BCUT2D eigenvalue weighted by Gasteiger charge is 2.28. The Bertz CT molecular complexity index is 1830. The fourth-order valence-corrected chi connectivity index (χ4v) is 6.36. The molecular weight excluding hydrogens is 551 g/mol. The lowest BCUT2D eigenvalue weighted by Crippen LogP contribution is -2.32. The predicted octanol–water partition coefficient (Wildman–Crippen LogP) is 5.89. The normalized spacial score (nSPS) is 18.4. The number of nitrogens with zero attached hydrogens (tertiary/aromatic N) is 4. The van der Waals surface area contributed by atoms with Crippen LogP contribution in [0.2, 0.25) is 0 Å². The molecule has 2 saturated heterocycles. The van der Waals surface area contributed by atoms with Crippen LogP contribution in [0.25, 0.3) is 21.0 Å². The van der Waals surface area contributed by atoms with Gasteiger partial charge >= 0.3 is 6.09 Å². The Morgan fingerprint density at radius 2 is 2.07 bits per heavy atom. The van der Waals surface area contributed by atoms with Crippen molar-refractivity contribution in [3.63, 3.8) is 0 Å². The van der Waals surface area contributed by atoms with Crippen molar-refractivity contribution in [1.29, 1.82) is 0 Å². The van der Waals surface area contributed by atoms with Crippen LogP contribution in [0.15, 0.2) is 66.2 Å². The monoisotopic (exact) mass is 580 g/mol. The first kappa shape index (κ1) is 26.4. The molecule has 0 saturated carbocycles. The number of halogens is 1. The number of nitrogens with one attached hydrogen (secondary N) is 2. The van der Waals surface area contributed by atoms with Crippen LogP contribution in [0.5, 0.6) is 0 Å². The van der Waals surface area contributed by atoms with E-state index in [0.717, 1.165) is 64.0 Å². The summed E-state index contributed by atoms with van der Waals surface area (Å²) in [7, 11) is 0. The number of benzene rings is 2. The highest BCUT2D eigenvalue weighted by atomic mass is 32.1. The van der Waals surface area contributed by atoms with Gasteiger partial charge in [-0.15, -0.1) is 11.3 Å². The molecular formula is C32H29FN6O2S. The zero-order valence-electron chi connectivity index (χ0n) is 22.8. The second kappa shape index (κ2) is 11.4. The van der Waals surface area contributed by atoms with Crippen molar-refractivity contribution < 1.29 is 13.9 Å². The molecule has 2 atom stereocenters. The molecule has 0 spiro atoms. The summed E-state index contributed by atoms with van der Waals surface area (Å²) < 4.78 is 22.3. The molecule has 2 aromatic carbocycles. The van der Waals surface area contributed by atoms with E-state index in [9.17, 15) is 9.18 Å². The highest BCUT2D eigenvalue weighted by molar-refractivity contribution is 7.17. The molecule has 8 nitrogen and oxygen atoms in total. The second-order valence-electron chi connectivity index (χ2n) is 10.7. The van der Waals surface area contributed by atoms with Crippen LogP contribution in [-0.2, 0) is 11.3 Å². The van der Waals surface area contributed by atoms with E-state index >= 15 is 0 Å². The lowest BCUT2D eigenvalue weighted by Gasteiger charge is -2.18. The molecule has 7 rings (SSSR count). The van der Waals surface area contributed by atoms with E-state index in [1.54, 1.807) is 22.3 Å². The summed E-state index contributed by atoms with van der Waals surface area (Å²) in [4.78, 5) is 19.0. The summed E-state index contributed by atoms with van der Waals surface area (Å²) in [6.07, 6.45) is 4.18. The fraction of sp³-hybridized carbons (Fsp3) is 0.281. The summed E-state index contributed by atoms with van der Waals surface area (Å²) in [5.41, 5.74) is 3.39. The quantitative estimate of drug-likeness (QED) is 0.252. The van der Waals surface area contributed by atoms with Gasteiger partial charge in [-0.05, 0) is 72.2 Å². The van der Waals surface area contributed by atoms with Crippen molar-refractivity contribution in [2.45, 2.75) is 38.0 Å². The largest absolute Gasteiger partial charge is 0.445 e. The van der Waals surface area contributed by atoms with E-state index in [0.29, 0.717) is 25.2 Å². The fourth-order valence-electron chi connectivity index (χ4n) is 5.54. The van der Waals surface area contributed by atoms with Crippen LogP contribution in [0, 0.1) is 17.7 Å². The van der Waals surface area contributed by atoms with Gasteiger partial charge in [0.05, 0.1) is 24.3 Å². The van der Waals surface area contributed by atoms with E-state index in [1.165, 1.54) is 12.1 Å². The molecule has 2 N–H and O–H groups in total. The second-order valence-corrected chi connectivity index (χ2v) is 11.6. The minimum atomic E-state index is -0.253. The van der Waals surface area contributed by atoms with Gasteiger partial charge < -0.3 is 15.0 Å². The SMILES string of the molecule is O=C(O[C@H]1CN[C@@H](C#Cc2cc3sccc3c(Nc3ccc4c(cnn4Cc4cccc(F)c4)c3)n2)C1)N1CCCC1. The van der Waals surface area contributed by atoms with Crippen molar-refractivity contribution in [1.82, 2.24) is 25.0 Å². The zero-order valence-corrected chi connectivity index (χ0v) is 23.7. The van der Waals surface area contributed by atoms with Gasteiger partial charge in [0, 0.05) is 47.2 Å². The van der Waals surface area contributed by atoms with E-state index in [1.807, 2.05) is 46.6 Å². The summed E-state index contributed by atoms with van der Waals surface area (Å²) in [5, 5.41) is 15.4. The molecule has 0 unspecified atom stereocenters. The molecule has 2 aliphatic heterocycles. The van der Waals surface area contributed by atoms with Crippen LogP contribution < -0.4 is 10.6 Å². The van der Waals surface area contributed by atoms with Gasteiger partial charge in [-0.2, -0.15) is 5.10 Å². The summed E-state index contributed by atoms with van der Waals surface area (Å²) >= 11 is 1.65. The van der Waals surface area contributed by atoms with Gasteiger partial charge in [-0.1, -0.05) is 18.1 Å². The number of aromatic nitrogens is 3. The summed E-state index contributed by atoms with van der Waals surface area (Å²) in [5.74, 6) is 7.00. The number of likely N-dealkylation sites (tertiary alicyclic amines) is 1. The van der Waals surface area contributed by atoms with Crippen molar-refractivity contribution in [2.75, 3.05) is 25.0 Å². The smallest absolute Gasteiger partial charge is 0.410 e. The number of pyridine rings is 1. The maximum Gasteiger partial charge on any atom is 0.410 e. The topological polar surface area (TPSA) is 84.3 Å². The van der Waals surface area contributed by atoms with Gasteiger partial charge in [-0.25, -0.2) is 14.2 Å². The van der Waals surface area contributed by atoms with Crippen molar-refractivity contribution in [3.05, 3.63) is 83.2 Å². The number of anilines is 2. The van der Waals surface area contributed by atoms with Gasteiger partial charge in [0.1, 0.15) is 23.4 Å². The number of ether oxygens (including phenoxy) is 1. The first-order valence-electron chi connectivity index (χ1n) is 14.1. The molecule has 5 heterocycles. The average molecular weight is 581 g/mol. The Labute approximate surface area is 246 Å². The molecule has 2 aliphatic rings. The molecule has 1 amide bonds. The van der Waals surface area contributed by atoms with Gasteiger partial charge in [0.15, 0.2) is 0 Å².